The molecule has 7 nitrogen and oxygen atoms in total. The number of carbonyl (C=O) groups is 2. The normalized spacial score (nSPS) is 13.3. The summed E-state index contributed by atoms with van der Waals surface area (Å²) in [6, 6.07) is 14.7. The predicted molar refractivity (Wildman–Crippen MR) is 119 cm³/mol. The van der Waals surface area contributed by atoms with E-state index in [1.165, 1.54) is 5.56 Å². The summed E-state index contributed by atoms with van der Waals surface area (Å²) in [5.41, 5.74) is 4.05. The summed E-state index contributed by atoms with van der Waals surface area (Å²) in [5, 5.41) is 5.60. The van der Waals surface area contributed by atoms with E-state index in [2.05, 4.69) is 15.6 Å². The Bertz CT molecular complexity index is 1050. The molecule has 2 heterocycles. The van der Waals surface area contributed by atoms with Crippen LogP contribution in [0.25, 0.3) is 11.5 Å². The van der Waals surface area contributed by atoms with Crippen molar-refractivity contribution in [3.05, 3.63) is 71.6 Å². The molecule has 1 aromatic heterocycles. The summed E-state index contributed by atoms with van der Waals surface area (Å²) in [6.07, 6.45) is 4.26. The number of oxazole rings is 1. The number of hydrogen-bond donors (Lipinski definition) is 2. The van der Waals surface area contributed by atoms with Gasteiger partial charge >= 0.3 is 6.03 Å². The number of nitrogens with zero attached hydrogens (tertiary/aromatic N) is 2. The van der Waals surface area contributed by atoms with Gasteiger partial charge in [-0.2, -0.15) is 0 Å². The molecule has 1 aliphatic heterocycles. The second-order valence-electron chi connectivity index (χ2n) is 7.72. The van der Waals surface area contributed by atoms with Gasteiger partial charge in [-0.1, -0.05) is 23.8 Å². The van der Waals surface area contributed by atoms with Gasteiger partial charge in [0.1, 0.15) is 6.26 Å². The molecule has 2 aromatic carbocycles. The first kappa shape index (κ1) is 20.7. The van der Waals surface area contributed by atoms with Gasteiger partial charge in [-0.15, -0.1) is 0 Å². The van der Waals surface area contributed by atoms with Crippen LogP contribution in [0.4, 0.5) is 10.5 Å². The monoisotopic (exact) mass is 418 g/mol. The number of likely N-dealkylation sites (tertiary alicyclic amines) is 1. The second-order valence-corrected chi connectivity index (χ2v) is 7.72. The maximum absolute atomic E-state index is 12.5. The minimum atomic E-state index is -0.326. The lowest BCUT2D eigenvalue weighted by Gasteiger charge is -2.16. The van der Waals surface area contributed by atoms with Crippen LogP contribution >= 0.6 is 0 Å². The van der Waals surface area contributed by atoms with Crippen LogP contribution in [0.2, 0.25) is 0 Å². The Morgan fingerprint density at radius 2 is 1.87 bits per heavy atom. The Labute approximate surface area is 181 Å². The van der Waals surface area contributed by atoms with Gasteiger partial charge in [-0.25, -0.2) is 9.78 Å². The molecule has 2 N–H and O–H groups in total. The number of carbonyl (C=O) groups excluding carboxylic acids is 2. The highest BCUT2D eigenvalue weighted by atomic mass is 16.3. The molecular weight excluding hydrogens is 392 g/mol. The number of anilines is 1. The maximum atomic E-state index is 12.5. The van der Waals surface area contributed by atoms with E-state index < -0.39 is 0 Å². The molecule has 31 heavy (non-hydrogen) atoms. The zero-order valence-electron chi connectivity index (χ0n) is 17.6. The number of rotatable bonds is 6. The molecule has 0 radical (unpaired) electrons. The zero-order chi connectivity index (χ0) is 21.6. The van der Waals surface area contributed by atoms with Crippen molar-refractivity contribution in [2.75, 3.05) is 25.0 Å². The van der Waals surface area contributed by atoms with Gasteiger partial charge in [0.2, 0.25) is 5.89 Å². The van der Waals surface area contributed by atoms with Crippen molar-refractivity contribution in [1.82, 2.24) is 15.2 Å². The van der Waals surface area contributed by atoms with E-state index in [1.807, 2.05) is 36.1 Å². The van der Waals surface area contributed by atoms with Crippen LogP contribution in [0.5, 0.6) is 0 Å². The number of amides is 3. The highest BCUT2D eigenvalue weighted by molar-refractivity contribution is 5.97. The van der Waals surface area contributed by atoms with Crippen molar-refractivity contribution in [2.24, 2.45) is 0 Å². The lowest BCUT2D eigenvalue weighted by Crippen LogP contribution is -2.31. The van der Waals surface area contributed by atoms with Gasteiger partial charge in [-0.3, -0.25) is 4.79 Å². The number of urea groups is 1. The first-order chi connectivity index (χ1) is 15.1. The fraction of sp³-hybridized carbons (Fsp3) is 0.292. The third-order valence-electron chi connectivity index (χ3n) is 5.28. The molecule has 0 bridgehead atoms. The van der Waals surface area contributed by atoms with Crippen LogP contribution in [0.1, 0.15) is 34.5 Å². The molecule has 0 saturated carbocycles. The average Bonchev–Trinajstić information content (AvgIpc) is 3.46. The van der Waals surface area contributed by atoms with Crippen molar-refractivity contribution in [3.63, 3.8) is 0 Å². The molecule has 1 aliphatic rings. The first-order valence-corrected chi connectivity index (χ1v) is 10.5. The average molecular weight is 418 g/mol. The maximum Gasteiger partial charge on any atom is 0.319 e. The zero-order valence-corrected chi connectivity index (χ0v) is 17.6. The summed E-state index contributed by atoms with van der Waals surface area (Å²) in [7, 11) is 0. The molecular formula is C24H26N4O3. The number of hydrogen-bond acceptors (Lipinski definition) is 4. The largest absolute Gasteiger partial charge is 0.444 e. The number of aryl methyl sites for hydroxylation is 1. The van der Waals surface area contributed by atoms with Gasteiger partial charge in [0, 0.05) is 42.9 Å². The predicted octanol–water partition coefficient (Wildman–Crippen LogP) is 4.25. The fourth-order valence-electron chi connectivity index (χ4n) is 3.56. The number of nitrogens with one attached hydrogen (secondary N) is 2. The topological polar surface area (TPSA) is 87.5 Å². The van der Waals surface area contributed by atoms with Crippen molar-refractivity contribution < 1.29 is 14.0 Å². The fourth-order valence-corrected chi connectivity index (χ4v) is 3.56. The smallest absolute Gasteiger partial charge is 0.319 e. The number of aromatic nitrogens is 1. The first-order valence-electron chi connectivity index (χ1n) is 10.5. The molecule has 3 aromatic rings. The van der Waals surface area contributed by atoms with Gasteiger partial charge in [-0.05, 0) is 50.1 Å². The molecule has 7 heteroatoms. The molecule has 0 atom stereocenters. The third kappa shape index (κ3) is 5.31. The Balaban J connectivity index is 1.27. The Morgan fingerprint density at radius 3 is 2.65 bits per heavy atom. The minimum absolute atomic E-state index is 0.0111. The van der Waals surface area contributed by atoms with Gasteiger partial charge in [0.15, 0.2) is 0 Å². The van der Waals surface area contributed by atoms with Gasteiger partial charge < -0.3 is 20.0 Å². The molecule has 0 aliphatic carbocycles. The summed E-state index contributed by atoms with van der Waals surface area (Å²) < 4.78 is 5.55. The van der Waals surface area contributed by atoms with E-state index in [0.717, 1.165) is 37.2 Å². The molecule has 0 spiro atoms. The standard InChI is InChI=1S/C24H26N4O3/c1-17-7-9-18(10-8-17)22-26-21(16-31-22)11-12-25-24(30)27-20-6-4-5-19(15-20)23(29)28-13-2-3-14-28/h4-10,15-16H,2-3,11-14H2,1H3,(H2,25,27,30). The van der Waals surface area contributed by atoms with Crippen molar-refractivity contribution in [2.45, 2.75) is 26.2 Å². The molecule has 0 unspecified atom stereocenters. The van der Waals surface area contributed by atoms with Gasteiger partial charge in [0.05, 0.1) is 5.69 Å². The minimum Gasteiger partial charge on any atom is -0.444 e. The van der Waals surface area contributed by atoms with Crippen LogP contribution in [-0.2, 0) is 6.42 Å². The Morgan fingerprint density at radius 1 is 1.10 bits per heavy atom. The van der Waals surface area contributed by atoms with Gasteiger partial charge in [0.25, 0.3) is 5.91 Å². The second kappa shape index (κ2) is 9.47. The van der Waals surface area contributed by atoms with E-state index in [4.69, 9.17) is 4.42 Å². The van der Waals surface area contributed by atoms with Crippen LogP contribution in [0, 0.1) is 6.92 Å². The van der Waals surface area contributed by atoms with E-state index in [-0.39, 0.29) is 11.9 Å². The molecule has 4 rings (SSSR count). The van der Waals surface area contributed by atoms with Crippen molar-refractivity contribution >= 4 is 17.6 Å². The van der Waals surface area contributed by atoms with Crippen molar-refractivity contribution in [3.8, 4) is 11.5 Å². The van der Waals surface area contributed by atoms with Crippen LogP contribution < -0.4 is 10.6 Å². The van der Waals surface area contributed by atoms with E-state index in [9.17, 15) is 9.59 Å². The highest BCUT2D eigenvalue weighted by Crippen LogP contribution is 2.19. The van der Waals surface area contributed by atoms with E-state index in [1.54, 1.807) is 30.5 Å². The number of benzene rings is 2. The summed E-state index contributed by atoms with van der Waals surface area (Å²) >= 11 is 0. The van der Waals surface area contributed by atoms with Crippen LogP contribution in [-0.4, -0.2) is 41.5 Å². The molecule has 3 amide bonds. The molecule has 1 saturated heterocycles. The third-order valence-corrected chi connectivity index (χ3v) is 5.28. The summed E-state index contributed by atoms with van der Waals surface area (Å²) in [5.74, 6) is 0.580. The van der Waals surface area contributed by atoms with E-state index >= 15 is 0 Å². The van der Waals surface area contributed by atoms with E-state index in [0.29, 0.717) is 30.1 Å². The Hall–Kier alpha value is -3.61. The molecule has 160 valence electrons. The molecule has 1 fully saturated rings. The summed E-state index contributed by atoms with van der Waals surface area (Å²) in [6.45, 7) is 4.04. The highest BCUT2D eigenvalue weighted by Gasteiger charge is 2.19. The Kier molecular flexibility index (Phi) is 6.31. The van der Waals surface area contributed by atoms with Crippen LogP contribution in [0.15, 0.2) is 59.2 Å². The van der Waals surface area contributed by atoms with Crippen molar-refractivity contribution in [1.29, 1.82) is 0 Å². The quantitative estimate of drug-likeness (QED) is 0.626. The van der Waals surface area contributed by atoms with Crippen LogP contribution in [0.3, 0.4) is 0 Å². The SMILES string of the molecule is Cc1ccc(-c2nc(CCNC(=O)Nc3cccc(C(=O)N4CCCC4)c3)co2)cc1. The summed E-state index contributed by atoms with van der Waals surface area (Å²) in [4.78, 5) is 31.1. The lowest BCUT2D eigenvalue weighted by atomic mass is 10.1. The lowest BCUT2D eigenvalue weighted by molar-refractivity contribution is 0.0793.